The van der Waals surface area contributed by atoms with Crippen molar-refractivity contribution in [2.45, 2.75) is 46.6 Å². The topological polar surface area (TPSA) is 37.8 Å². The van der Waals surface area contributed by atoms with Crippen LogP contribution in [0.2, 0.25) is 5.15 Å². The standard InChI is InChI=1S/C11H18ClN3/c1-6-8-13-9(12)7(2)10(14-8)15-11(3,4)5/h6H2,1-5H3,(H,13,14,15). The Balaban J connectivity index is 3.11. The first kappa shape index (κ1) is 12.2. The minimum absolute atomic E-state index is 0.0204. The van der Waals surface area contributed by atoms with Gasteiger partial charge in [0, 0.05) is 17.5 Å². The van der Waals surface area contributed by atoms with Gasteiger partial charge in [-0.15, -0.1) is 0 Å². The number of anilines is 1. The number of aromatic nitrogens is 2. The maximum atomic E-state index is 6.04. The molecule has 1 N–H and O–H groups in total. The van der Waals surface area contributed by atoms with Crippen LogP contribution in [0.1, 0.15) is 39.1 Å². The van der Waals surface area contributed by atoms with Gasteiger partial charge in [-0.25, -0.2) is 9.97 Å². The second-order valence-corrected chi connectivity index (χ2v) is 4.99. The van der Waals surface area contributed by atoms with Crippen molar-refractivity contribution in [1.29, 1.82) is 0 Å². The Morgan fingerprint density at radius 2 is 1.87 bits per heavy atom. The molecule has 0 saturated heterocycles. The summed E-state index contributed by atoms with van der Waals surface area (Å²) in [6.45, 7) is 10.2. The van der Waals surface area contributed by atoms with E-state index in [0.717, 1.165) is 23.6 Å². The lowest BCUT2D eigenvalue weighted by atomic mass is 10.1. The summed E-state index contributed by atoms with van der Waals surface area (Å²) < 4.78 is 0. The lowest BCUT2D eigenvalue weighted by Crippen LogP contribution is -2.27. The molecule has 0 amide bonds. The smallest absolute Gasteiger partial charge is 0.137 e. The highest BCUT2D eigenvalue weighted by atomic mass is 35.5. The van der Waals surface area contributed by atoms with Crippen LogP contribution < -0.4 is 5.32 Å². The van der Waals surface area contributed by atoms with E-state index in [1.165, 1.54) is 0 Å². The van der Waals surface area contributed by atoms with Crippen molar-refractivity contribution < 1.29 is 0 Å². The molecule has 1 rings (SSSR count). The van der Waals surface area contributed by atoms with Crippen molar-refractivity contribution >= 4 is 17.4 Å². The molecule has 0 radical (unpaired) electrons. The van der Waals surface area contributed by atoms with E-state index in [1.54, 1.807) is 0 Å². The third kappa shape index (κ3) is 3.34. The number of rotatable bonds is 2. The first-order chi connectivity index (χ1) is 6.83. The molecule has 0 fully saturated rings. The van der Waals surface area contributed by atoms with Crippen LogP contribution in [0, 0.1) is 6.92 Å². The van der Waals surface area contributed by atoms with Gasteiger partial charge in [0.1, 0.15) is 16.8 Å². The van der Waals surface area contributed by atoms with Crippen LogP contribution in [0.5, 0.6) is 0 Å². The van der Waals surface area contributed by atoms with Crippen molar-refractivity contribution in [1.82, 2.24) is 9.97 Å². The summed E-state index contributed by atoms with van der Waals surface area (Å²) >= 11 is 6.04. The number of aryl methyl sites for hydroxylation is 1. The molecule has 3 nitrogen and oxygen atoms in total. The highest BCUT2D eigenvalue weighted by molar-refractivity contribution is 6.30. The van der Waals surface area contributed by atoms with Crippen LogP contribution in [0.3, 0.4) is 0 Å². The average molecular weight is 228 g/mol. The maximum Gasteiger partial charge on any atom is 0.137 e. The molecule has 0 bridgehead atoms. The summed E-state index contributed by atoms with van der Waals surface area (Å²) in [5.74, 6) is 1.61. The Kier molecular flexibility index (Phi) is 3.55. The van der Waals surface area contributed by atoms with Gasteiger partial charge in [0.2, 0.25) is 0 Å². The molecule has 1 heterocycles. The molecule has 0 saturated carbocycles. The van der Waals surface area contributed by atoms with Crippen LogP contribution in [0.15, 0.2) is 0 Å². The summed E-state index contributed by atoms with van der Waals surface area (Å²) in [6, 6.07) is 0. The van der Waals surface area contributed by atoms with E-state index in [4.69, 9.17) is 11.6 Å². The normalized spacial score (nSPS) is 11.6. The van der Waals surface area contributed by atoms with E-state index in [2.05, 4.69) is 36.1 Å². The van der Waals surface area contributed by atoms with E-state index < -0.39 is 0 Å². The Bertz CT molecular complexity index is 356. The third-order valence-electron chi connectivity index (χ3n) is 1.94. The second-order valence-electron chi connectivity index (χ2n) is 4.63. The fourth-order valence-electron chi connectivity index (χ4n) is 1.17. The molecule has 0 aliphatic carbocycles. The Labute approximate surface area is 96.3 Å². The van der Waals surface area contributed by atoms with Gasteiger partial charge in [-0.2, -0.15) is 0 Å². The van der Waals surface area contributed by atoms with Crippen LogP contribution in [0.4, 0.5) is 5.82 Å². The molecule has 84 valence electrons. The number of hydrogen-bond acceptors (Lipinski definition) is 3. The summed E-state index contributed by atoms with van der Waals surface area (Å²) in [6.07, 6.45) is 0.790. The minimum Gasteiger partial charge on any atom is -0.365 e. The van der Waals surface area contributed by atoms with E-state index in [-0.39, 0.29) is 5.54 Å². The summed E-state index contributed by atoms with van der Waals surface area (Å²) in [4.78, 5) is 8.63. The van der Waals surface area contributed by atoms with Crippen molar-refractivity contribution in [3.63, 3.8) is 0 Å². The number of nitrogens with zero attached hydrogens (tertiary/aromatic N) is 2. The SMILES string of the molecule is CCc1nc(Cl)c(C)c(NC(C)(C)C)n1. The average Bonchev–Trinajstić information content (AvgIpc) is 2.10. The summed E-state index contributed by atoms with van der Waals surface area (Å²) in [7, 11) is 0. The molecule has 4 heteroatoms. The van der Waals surface area contributed by atoms with Gasteiger partial charge in [-0.05, 0) is 27.7 Å². The molecule has 15 heavy (non-hydrogen) atoms. The number of hydrogen-bond donors (Lipinski definition) is 1. The third-order valence-corrected chi connectivity index (χ3v) is 2.31. The largest absolute Gasteiger partial charge is 0.365 e. The number of nitrogens with one attached hydrogen (secondary N) is 1. The zero-order valence-corrected chi connectivity index (χ0v) is 10.7. The predicted molar refractivity (Wildman–Crippen MR) is 64.5 cm³/mol. The maximum absolute atomic E-state index is 6.04. The van der Waals surface area contributed by atoms with Crippen LogP contribution in [-0.2, 0) is 6.42 Å². The summed E-state index contributed by atoms with van der Waals surface area (Å²) in [5.41, 5.74) is 0.886. The van der Waals surface area contributed by atoms with Crippen LogP contribution in [0.25, 0.3) is 0 Å². The Hall–Kier alpha value is -0.830. The fraction of sp³-hybridized carbons (Fsp3) is 0.636. The Morgan fingerprint density at radius 3 is 2.33 bits per heavy atom. The number of halogens is 1. The van der Waals surface area contributed by atoms with Gasteiger partial charge in [-0.1, -0.05) is 18.5 Å². The first-order valence-electron chi connectivity index (χ1n) is 5.14. The lowest BCUT2D eigenvalue weighted by Gasteiger charge is -2.23. The monoisotopic (exact) mass is 227 g/mol. The van der Waals surface area contributed by atoms with E-state index in [9.17, 15) is 0 Å². The molecular weight excluding hydrogens is 210 g/mol. The van der Waals surface area contributed by atoms with Crippen molar-refractivity contribution in [3.05, 3.63) is 16.5 Å². The fourth-order valence-corrected chi connectivity index (χ4v) is 1.35. The molecule has 0 unspecified atom stereocenters. The van der Waals surface area contributed by atoms with E-state index in [1.807, 2.05) is 13.8 Å². The van der Waals surface area contributed by atoms with E-state index in [0.29, 0.717) is 5.15 Å². The molecule has 1 aromatic rings. The zero-order chi connectivity index (χ0) is 11.6. The van der Waals surface area contributed by atoms with Gasteiger partial charge in [0.15, 0.2) is 0 Å². The highest BCUT2D eigenvalue weighted by Crippen LogP contribution is 2.22. The van der Waals surface area contributed by atoms with Crippen molar-refractivity contribution in [2.24, 2.45) is 0 Å². The quantitative estimate of drug-likeness (QED) is 0.789. The lowest BCUT2D eigenvalue weighted by molar-refractivity contribution is 0.628. The molecular formula is C11H18ClN3. The van der Waals surface area contributed by atoms with Gasteiger partial charge in [0.05, 0.1) is 0 Å². The van der Waals surface area contributed by atoms with Gasteiger partial charge in [-0.3, -0.25) is 0 Å². The van der Waals surface area contributed by atoms with Gasteiger partial charge >= 0.3 is 0 Å². The molecule has 0 aromatic carbocycles. The van der Waals surface area contributed by atoms with Gasteiger partial charge < -0.3 is 5.32 Å². The molecule has 0 spiro atoms. The van der Waals surface area contributed by atoms with Gasteiger partial charge in [0.25, 0.3) is 0 Å². The van der Waals surface area contributed by atoms with Crippen molar-refractivity contribution in [2.75, 3.05) is 5.32 Å². The highest BCUT2D eigenvalue weighted by Gasteiger charge is 2.14. The molecule has 0 aliphatic heterocycles. The van der Waals surface area contributed by atoms with Crippen LogP contribution >= 0.6 is 11.6 Å². The zero-order valence-electron chi connectivity index (χ0n) is 9.98. The minimum atomic E-state index is -0.0204. The predicted octanol–water partition coefficient (Wildman–Crippen LogP) is 3.21. The van der Waals surface area contributed by atoms with E-state index >= 15 is 0 Å². The van der Waals surface area contributed by atoms with Crippen molar-refractivity contribution in [3.8, 4) is 0 Å². The second kappa shape index (κ2) is 4.35. The Morgan fingerprint density at radius 1 is 1.27 bits per heavy atom. The molecule has 1 aromatic heterocycles. The van der Waals surface area contributed by atoms with Crippen LogP contribution in [-0.4, -0.2) is 15.5 Å². The molecule has 0 atom stereocenters. The first-order valence-corrected chi connectivity index (χ1v) is 5.52. The summed E-state index contributed by atoms with van der Waals surface area (Å²) in [5, 5.41) is 3.87. The molecule has 0 aliphatic rings.